The summed E-state index contributed by atoms with van der Waals surface area (Å²) in [5.41, 5.74) is -1.21. The molecular weight excluding hydrogens is 164 g/mol. The second-order valence-electron chi connectivity index (χ2n) is 2.67. The SMILES string of the molecule is CCCCCS(=O)(=O)C(C)O. The third-order valence-corrected chi connectivity index (χ3v) is 3.45. The molecule has 0 aliphatic heterocycles. The predicted octanol–water partition coefficient (Wildman–Crippen LogP) is 0.930. The highest BCUT2D eigenvalue weighted by atomic mass is 32.2. The molecule has 0 radical (unpaired) electrons. The summed E-state index contributed by atoms with van der Waals surface area (Å²) in [5.74, 6) is 0.110. The summed E-state index contributed by atoms with van der Waals surface area (Å²) in [6, 6.07) is 0. The molecule has 0 aromatic rings. The Labute approximate surface area is 68.3 Å². The van der Waals surface area contributed by atoms with Crippen LogP contribution in [0.2, 0.25) is 0 Å². The molecule has 1 atom stereocenters. The van der Waals surface area contributed by atoms with Crippen LogP contribution in [0.4, 0.5) is 0 Å². The molecule has 0 saturated heterocycles. The normalized spacial score (nSPS) is 14.8. The van der Waals surface area contributed by atoms with Gasteiger partial charge in [0.05, 0.1) is 5.75 Å². The summed E-state index contributed by atoms with van der Waals surface area (Å²) < 4.78 is 21.9. The summed E-state index contributed by atoms with van der Waals surface area (Å²) >= 11 is 0. The van der Waals surface area contributed by atoms with Crippen LogP contribution in [0.5, 0.6) is 0 Å². The Morgan fingerprint density at radius 2 is 1.91 bits per heavy atom. The summed E-state index contributed by atoms with van der Waals surface area (Å²) in [6.45, 7) is 3.30. The number of hydrogen-bond donors (Lipinski definition) is 1. The lowest BCUT2D eigenvalue weighted by Crippen LogP contribution is -2.20. The number of rotatable bonds is 5. The lowest BCUT2D eigenvalue weighted by molar-refractivity contribution is 0.268. The lowest BCUT2D eigenvalue weighted by atomic mass is 10.3. The molecule has 0 aromatic heterocycles. The van der Waals surface area contributed by atoms with Gasteiger partial charge in [-0.05, 0) is 13.3 Å². The Morgan fingerprint density at radius 1 is 1.36 bits per heavy atom. The van der Waals surface area contributed by atoms with Crippen LogP contribution in [0, 0.1) is 0 Å². The van der Waals surface area contributed by atoms with Gasteiger partial charge >= 0.3 is 0 Å². The molecular formula is C7H16O3S. The average Bonchev–Trinajstić information content (AvgIpc) is 1.88. The van der Waals surface area contributed by atoms with E-state index in [9.17, 15) is 8.42 Å². The minimum atomic E-state index is -3.21. The first kappa shape index (κ1) is 10.9. The first-order valence-corrected chi connectivity index (χ1v) is 5.62. The standard InChI is InChI=1S/C7H16O3S/c1-3-4-5-6-11(9,10)7(2)8/h7-8H,3-6H2,1-2H3. The van der Waals surface area contributed by atoms with Gasteiger partial charge < -0.3 is 5.11 Å². The minimum absolute atomic E-state index is 0.110. The van der Waals surface area contributed by atoms with E-state index in [2.05, 4.69) is 0 Å². The average molecular weight is 180 g/mol. The van der Waals surface area contributed by atoms with E-state index >= 15 is 0 Å². The highest BCUT2D eigenvalue weighted by Crippen LogP contribution is 2.03. The zero-order valence-electron chi connectivity index (χ0n) is 7.08. The molecule has 0 spiro atoms. The fraction of sp³-hybridized carbons (Fsp3) is 1.00. The highest BCUT2D eigenvalue weighted by Gasteiger charge is 2.16. The third-order valence-electron chi connectivity index (χ3n) is 1.55. The molecule has 4 heteroatoms. The maximum atomic E-state index is 11.0. The largest absolute Gasteiger partial charge is 0.377 e. The van der Waals surface area contributed by atoms with Gasteiger partial charge in [-0.2, -0.15) is 0 Å². The monoisotopic (exact) mass is 180 g/mol. The van der Waals surface area contributed by atoms with Crippen LogP contribution in [0.15, 0.2) is 0 Å². The second kappa shape index (κ2) is 4.72. The number of aliphatic hydroxyl groups excluding tert-OH is 1. The number of sulfone groups is 1. The van der Waals surface area contributed by atoms with Crippen molar-refractivity contribution >= 4 is 9.84 Å². The zero-order chi connectivity index (χ0) is 8.91. The van der Waals surface area contributed by atoms with E-state index in [4.69, 9.17) is 5.11 Å². The van der Waals surface area contributed by atoms with Crippen molar-refractivity contribution in [2.24, 2.45) is 0 Å². The maximum Gasteiger partial charge on any atom is 0.176 e. The molecule has 1 unspecified atom stereocenters. The van der Waals surface area contributed by atoms with Crippen molar-refractivity contribution < 1.29 is 13.5 Å². The Balaban J connectivity index is 3.75. The second-order valence-corrected chi connectivity index (χ2v) is 5.09. The Hall–Kier alpha value is -0.0900. The summed E-state index contributed by atoms with van der Waals surface area (Å²) in [4.78, 5) is 0. The molecule has 0 bridgehead atoms. The maximum absolute atomic E-state index is 11.0. The molecule has 0 heterocycles. The van der Waals surface area contributed by atoms with E-state index in [1.54, 1.807) is 0 Å². The van der Waals surface area contributed by atoms with Crippen LogP contribution in [-0.4, -0.2) is 24.7 Å². The van der Waals surface area contributed by atoms with Crippen LogP contribution >= 0.6 is 0 Å². The van der Waals surface area contributed by atoms with Gasteiger partial charge in [-0.1, -0.05) is 19.8 Å². The quantitative estimate of drug-likeness (QED) is 0.640. The Kier molecular flexibility index (Phi) is 4.68. The molecule has 0 aliphatic carbocycles. The van der Waals surface area contributed by atoms with Gasteiger partial charge in [-0.3, -0.25) is 0 Å². The topological polar surface area (TPSA) is 54.4 Å². The highest BCUT2D eigenvalue weighted by molar-refractivity contribution is 7.91. The Bertz CT molecular complexity index is 182. The first-order valence-electron chi connectivity index (χ1n) is 3.90. The van der Waals surface area contributed by atoms with E-state index < -0.39 is 15.3 Å². The molecule has 1 N–H and O–H groups in total. The number of aliphatic hydroxyl groups is 1. The van der Waals surface area contributed by atoms with Gasteiger partial charge in [0.2, 0.25) is 0 Å². The number of hydrogen-bond acceptors (Lipinski definition) is 3. The zero-order valence-corrected chi connectivity index (χ0v) is 7.89. The molecule has 0 aromatic carbocycles. The van der Waals surface area contributed by atoms with Crippen LogP contribution in [0.1, 0.15) is 33.1 Å². The molecule has 0 aliphatic rings. The van der Waals surface area contributed by atoms with Gasteiger partial charge in [0.1, 0.15) is 0 Å². The third kappa shape index (κ3) is 4.37. The van der Waals surface area contributed by atoms with Gasteiger partial charge in [-0.25, -0.2) is 8.42 Å². The molecule has 0 fully saturated rings. The van der Waals surface area contributed by atoms with E-state index in [-0.39, 0.29) is 5.75 Å². The summed E-state index contributed by atoms with van der Waals surface area (Å²) in [7, 11) is -3.21. The van der Waals surface area contributed by atoms with Gasteiger partial charge in [0.25, 0.3) is 0 Å². The van der Waals surface area contributed by atoms with Crippen molar-refractivity contribution in [1.29, 1.82) is 0 Å². The van der Waals surface area contributed by atoms with E-state index in [0.717, 1.165) is 12.8 Å². The molecule has 0 amide bonds. The van der Waals surface area contributed by atoms with Gasteiger partial charge in [0, 0.05) is 0 Å². The van der Waals surface area contributed by atoms with Crippen molar-refractivity contribution in [2.45, 2.75) is 38.5 Å². The van der Waals surface area contributed by atoms with Crippen molar-refractivity contribution in [3.8, 4) is 0 Å². The van der Waals surface area contributed by atoms with Crippen LogP contribution < -0.4 is 0 Å². The smallest absolute Gasteiger partial charge is 0.176 e. The predicted molar refractivity (Wildman–Crippen MR) is 45.0 cm³/mol. The fourth-order valence-electron chi connectivity index (χ4n) is 0.724. The summed E-state index contributed by atoms with van der Waals surface area (Å²) in [5, 5.41) is 8.79. The number of unbranched alkanes of at least 4 members (excludes halogenated alkanes) is 2. The Morgan fingerprint density at radius 3 is 2.27 bits per heavy atom. The van der Waals surface area contributed by atoms with Crippen molar-refractivity contribution in [1.82, 2.24) is 0 Å². The van der Waals surface area contributed by atoms with E-state index in [1.165, 1.54) is 6.92 Å². The van der Waals surface area contributed by atoms with Gasteiger partial charge in [-0.15, -0.1) is 0 Å². The molecule has 11 heavy (non-hydrogen) atoms. The van der Waals surface area contributed by atoms with E-state index in [1.807, 2.05) is 6.92 Å². The fourth-order valence-corrected chi connectivity index (χ4v) is 1.67. The molecule has 68 valence electrons. The van der Waals surface area contributed by atoms with Crippen molar-refractivity contribution in [3.05, 3.63) is 0 Å². The molecule has 3 nitrogen and oxygen atoms in total. The minimum Gasteiger partial charge on any atom is -0.377 e. The molecule has 0 saturated carbocycles. The van der Waals surface area contributed by atoms with Crippen LogP contribution in [0.25, 0.3) is 0 Å². The summed E-state index contributed by atoms with van der Waals surface area (Å²) in [6.07, 6.45) is 2.56. The van der Waals surface area contributed by atoms with Crippen molar-refractivity contribution in [2.75, 3.05) is 5.75 Å². The van der Waals surface area contributed by atoms with Gasteiger partial charge in [0.15, 0.2) is 15.3 Å². The van der Waals surface area contributed by atoms with Crippen LogP contribution in [0.3, 0.4) is 0 Å². The lowest BCUT2D eigenvalue weighted by Gasteiger charge is -2.05. The first-order chi connectivity index (χ1) is 5.00. The van der Waals surface area contributed by atoms with Crippen LogP contribution in [-0.2, 0) is 9.84 Å². The van der Waals surface area contributed by atoms with E-state index in [0.29, 0.717) is 6.42 Å². The van der Waals surface area contributed by atoms with Crippen molar-refractivity contribution in [3.63, 3.8) is 0 Å². The molecule has 0 rings (SSSR count).